The van der Waals surface area contributed by atoms with Crippen molar-refractivity contribution in [2.45, 2.75) is 56.4 Å². The van der Waals surface area contributed by atoms with Crippen molar-refractivity contribution in [1.29, 1.82) is 0 Å². The Kier molecular flexibility index (Phi) is 4.97. The van der Waals surface area contributed by atoms with Crippen molar-refractivity contribution in [3.63, 3.8) is 0 Å². The van der Waals surface area contributed by atoms with Gasteiger partial charge in [-0.25, -0.2) is 0 Å². The Labute approximate surface area is 129 Å². The molecular formula is C19H29NO. The Hall–Kier alpha value is -0.860. The normalized spacial score (nSPS) is 28.0. The quantitative estimate of drug-likeness (QED) is 0.827. The SMILES string of the molecule is CN(C)C1CCCC(c2cccc(C3CCOCC3)c2)C1. The highest BCUT2D eigenvalue weighted by Gasteiger charge is 2.25. The van der Waals surface area contributed by atoms with Crippen molar-refractivity contribution in [2.24, 2.45) is 0 Å². The van der Waals surface area contributed by atoms with Crippen LogP contribution in [0.3, 0.4) is 0 Å². The number of hydrogen-bond acceptors (Lipinski definition) is 2. The molecule has 1 aliphatic carbocycles. The zero-order valence-corrected chi connectivity index (χ0v) is 13.6. The first-order valence-electron chi connectivity index (χ1n) is 8.58. The smallest absolute Gasteiger partial charge is 0.0471 e. The van der Waals surface area contributed by atoms with Crippen LogP contribution in [0.5, 0.6) is 0 Å². The molecular weight excluding hydrogens is 258 g/mol. The summed E-state index contributed by atoms with van der Waals surface area (Å²) in [4.78, 5) is 2.41. The first-order chi connectivity index (χ1) is 10.2. The van der Waals surface area contributed by atoms with Gasteiger partial charge in [0.05, 0.1) is 0 Å². The van der Waals surface area contributed by atoms with Gasteiger partial charge >= 0.3 is 0 Å². The molecule has 0 aromatic heterocycles. The number of rotatable bonds is 3. The molecule has 1 aromatic carbocycles. The molecule has 0 bridgehead atoms. The molecule has 116 valence electrons. The Balaban J connectivity index is 1.72. The van der Waals surface area contributed by atoms with E-state index in [1.807, 2.05) is 0 Å². The predicted octanol–water partition coefficient (Wildman–Crippen LogP) is 4.17. The Morgan fingerprint density at radius 3 is 2.38 bits per heavy atom. The number of benzene rings is 1. The van der Waals surface area contributed by atoms with Crippen LogP contribution in [-0.4, -0.2) is 38.3 Å². The standard InChI is InChI=1S/C19H29NO/c1-20(2)19-8-4-7-18(14-19)17-6-3-5-16(13-17)15-9-11-21-12-10-15/h3,5-6,13,15,18-19H,4,7-12,14H2,1-2H3. The maximum atomic E-state index is 5.50. The zero-order valence-electron chi connectivity index (χ0n) is 13.6. The molecule has 2 nitrogen and oxygen atoms in total. The minimum absolute atomic E-state index is 0.715. The highest BCUT2D eigenvalue weighted by atomic mass is 16.5. The van der Waals surface area contributed by atoms with E-state index in [9.17, 15) is 0 Å². The monoisotopic (exact) mass is 287 g/mol. The van der Waals surface area contributed by atoms with Crippen molar-refractivity contribution in [1.82, 2.24) is 4.90 Å². The van der Waals surface area contributed by atoms with E-state index in [0.29, 0.717) is 5.92 Å². The molecule has 0 spiro atoms. The first-order valence-corrected chi connectivity index (χ1v) is 8.58. The van der Waals surface area contributed by atoms with Gasteiger partial charge in [0.25, 0.3) is 0 Å². The molecule has 2 fully saturated rings. The van der Waals surface area contributed by atoms with Crippen LogP contribution in [0.15, 0.2) is 24.3 Å². The van der Waals surface area contributed by atoms with E-state index in [0.717, 1.165) is 25.2 Å². The van der Waals surface area contributed by atoms with Gasteiger partial charge in [0.2, 0.25) is 0 Å². The van der Waals surface area contributed by atoms with Gasteiger partial charge in [-0.1, -0.05) is 30.7 Å². The molecule has 2 heteroatoms. The first kappa shape index (κ1) is 15.1. The van der Waals surface area contributed by atoms with Crippen LogP contribution in [0.2, 0.25) is 0 Å². The lowest BCUT2D eigenvalue weighted by molar-refractivity contribution is 0.0853. The van der Waals surface area contributed by atoms with Gasteiger partial charge in [0, 0.05) is 19.3 Å². The average molecular weight is 287 g/mol. The molecule has 2 aliphatic rings. The summed E-state index contributed by atoms with van der Waals surface area (Å²) >= 11 is 0. The molecule has 2 unspecified atom stereocenters. The van der Waals surface area contributed by atoms with Crippen molar-refractivity contribution in [2.75, 3.05) is 27.3 Å². The van der Waals surface area contributed by atoms with Crippen LogP contribution < -0.4 is 0 Å². The van der Waals surface area contributed by atoms with Crippen LogP contribution >= 0.6 is 0 Å². The molecule has 1 saturated carbocycles. The second kappa shape index (κ2) is 6.93. The van der Waals surface area contributed by atoms with Gasteiger partial charge in [0.15, 0.2) is 0 Å². The highest BCUT2D eigenvalue weighted by Crippen LogP contribution is 2.36. The number of ether oxygens (including phenoxy) is 1. The molecule has 1 heterocycles. The van der Waals surface area contributed by atoms with Gasteiger partial charge < -0.3 is 9.64 Å². The molecule has 1 saturated heterocycles. The lowest BCUT2D eigenvalue weighted by atomic mass is 9.79. The maximum absolute atomic E-state index is 5.50. The fourth-order valence-electron chi connectivity index (χ4n) is 4.03. The van der Waals surface area contributed by atoms with Gasteiger partial charge in [0.1, 0.15) is 0 Å². The lowest BCUT2D eigenvalue weighted by Gasteiger charge is -2.34. The summed E-state index contributed by atoms with van der Waals surface area (Å²) in [5.41, 5.74) is 3.12. The molecule has 3 rings (SSSR count). The van der Waals surface area contributed by atoms with E-state index in [2.05, 4.69) is 43.3 Å². The van der Waals surface area contributed by atoms with Crippen LogP contribution in [0.25, 0.3) is 0 Å². The summed E-state index contributed by atoms with van der Waals surface area (Å²) in [5.74, 6) is 1.47. The lowest BCUT2D eigenvalue weighted by Crippen LogP contribution is -2.32. The van der Waals surface area contributed by atoms with Crippen LogP contribution in [0.4, 0.5) is 0 Å². The third-order valence-electron chi connectivity index (χ3n) is 5.45. The third-order valence-corrected chi connectivity index (χ3v) is 5.45. The molecule has 0 radical (unpaired) electrons. The maximum Gasteiger partial charge on any atom is 0.0471 e. The summed E-state index contributed by atoms with van der Waals surface area (Å²) in [7, 11) is 4.46. The van der Waals surface area contributed by atoms with Crippen molar-refractivity contribution >= 4 is 0 Å². The fraction of sp³-hybridized carbons (Fsp3) is 0.684. The highest BCUT2D eigenvalue weighted by molar-refractivity contribution is 5.29. The minimum atomic E-state index is 0.715. The largest absolute Gasteiger partial charge is 0.381 e. The molecule has 2 atom stereocenters. The average Bonchev–Trinajstić information content (AvgIpc) is 2.56. The summed E-state index contributed by atoms with van der Waals surface area (Å²) in [5, 5.41) is 0. The summed E-state index contributed by atoms with van der Waals surface area (Å²) < 4.78 is 5.50. The zero-order chi connectivity index (χ0) is 14.7. The predicted molar refractivity (Wildman–Crippen MR) is 87.9 cm³/mol. The minimum Gasteiger partial charge on any atom is -0.381 e. The van der Waals surface area contributed by atoms with Gasteiger partial charge in [-0.3, -0.25) is 0 Å². The van der Waals surface area contributed by atoms with Crippen molar-refractivity contribution < 1.29 is 4.74 Å². The fourth-order valence-corrected chi connectivity index (χ4v) is 4.03. The van der Waals surface area contributed by atoms with Crippen molar-refractivity contribution in [3.05, 3.63) is 35.4 Å². The van der Waals surface area contributed by atoms with Crippen LogP contribution in [0.1, 0.15) is 61.5 Å². The Bertz CT molecular complexity index is 451. The summed E-state index contributed by atoms with van der Waals surface area (Å²) in [6.45, 7) is 1.86. The van der Waals surface area contributed by atoms with Gasteiger partial charge in [-0.2, -0.15) is 0 Å². The molecule has 1 aromatic rings. The van der Waals surface area contributed by atoms with E-state index in [4.69, 9.17) is 4.74 Å². The van der Waals surface area contributed by atoms with Crippen molar-refractivity contribution in [3.8, 4) is 0 Å². The van der Waals surface area contributed by atoms with E-state index in [1.54, 1.807) is 11.1 Å². The van der Waals surface area contributed by atoms with E-state index in [-0.39, 0.29) is 0 Å². The van der Waals surface area contributed by atoms with E-state index in [1.165, 1.54) is 38.5 Å². The Morgan fingerprint density at radius 2 is 1.67 bits per heavy atom. The van der Waals surface area contributed by atoms with E-state index < -0.39 is 0 Å². The number of hydrogen-bond donors (Lipinski definition) is 0. The summed E-state index contributed by atoms with van der Waals surface area (Å²) in [6.07, 6.45) is 7.80. The summed E-state index contributed by atoms with van der Waals surface area (Å²) in [6, 6.07) is 10.2. The Morgan fingerprint density at radius 1 is 0.952 bits per heavy atom. The molecule has 0 N–H and O–H groups in total. The third kappa shape index (κ3) is 3.67. The topological polar surface area (TPSA) is 12.5 Å². The molecule has 21 heavy (non-hydrogen) atoms. The molecule has 1 aliphatic heterocycles. The molecule has 0 amide bonds. The van der Waals surface area contributed by atoms with Gasteiger partial charge in [-0.05, 0) is 69.2 Å². The van der Waals surface area contributed by atoms with E-state index >= 15 is 0 Å². The van der Waals surface area contributed by atoms with Gasteiger partial charge in [-0.15, -0.1) is 0 Å². The van der Waals surface area contributed by atoms with Crippen LogP contribution in [-0.2, 0) is 4.74 Å². The second-order valence-corrected chi connectivity index (χ2v) is 7.04. The second-order valence-electron chi connectivity index (χ2n) is 7.04. The number of nitrogens with zero attached hydrogens (tertiary/aromatic N) is 1. The van der Waals surface area contributed by atoms with Crippen LogP contribution in [0, 0.1) is 0 Å².